The molecule has 39 heavy (non-hydrogen) atoms. The lowest BCUT2D eigenvalue weighted by Gasteiger charge is -2.47. The van der Waals surface area contributed by atoms with Crippen molar-refractivity contribution in [1.29, 1.82) is 0 Å². The van der Waals surface area contributed by atoms with Crippen LogP contribution in [-0.2, 0) is 14.2 Å². The Morgan fingerprint density at radius 1 is 0.615 bits per heavy atom. The molecule has 1 atom stereocenters. The number of hydrogen-bond donors (Lipinski definition) is 0. The lowest BCUT2D eigenvalue weighted by molar-refractivity contribution is -0.438. The van der Waals surface area contributed by atoms with Gasteiger partial charge in [0.15, 0.2) is 23.3 Å². The number of benzene rings is 1. The van der Waals surface area contributed by atoms with Gasteiger partial charge in [0.2, 0.25) is 5.82 Å². The molecule has 0 N–H and O–H groups in total. The van der Waals surface area contributed by atoms with E-state index < -0.39 is 46.5 Å². The molecular formula is C31H49F5O3. The lowest BCUT2D eigenvalue weighted by Crippen LogP contribution is -2.53. The molecule has 0 aliphatic heterocycles. The molecule has 0 bridgehead atoms. The SMILES string of the molecule is CCCCCCCCC(C1CCC(c2c(F)c(F)c(F)c(F)c2F)CC1)C(OC(C)C)(OC(C)C)OC(C)C. The molecule has 1 aromatic carbocycles. The van der Waals surface area contributed by atoms with E-state index in [1.54, 1.807) is 0 Å². The predicted molar refractivity (Wildman–Crippen MR) is 144 cm³/mol. The van der Waals surface area contributed by atoms with E-state index in [0.717, 1.165) is 25.7 Å². The number of unbranched alkanes of at least 4 members (excludes halogenated alkanes) is 5. The lowest BCUT2D eigenvalue weighted by atomic mass is 9.71. The minimum atomic E-state index is -2.12. The fraction of sp³-hybridized carbons (Fsp3) is 0.806. The Morgan fingerprint density at radius 3 is 1.46 bits per heavy atom. The Morgan fingerprint density at radius 2 is 1.03 bits per heavy atom. The third kappa shape index (κ3) is 9.12. The van der Waals surface area contributed by atoms with Gasteiger partial charge in [0.1, 0.15) is 0 Å². The minimum Gasteiger partial charge on any atom is -0.324 e. The fourth-order valence-corrected chi connectivity index (χ4v) is 5.97. The van der Waals surface area contributed by atoms with Crippen molar-refractivity contribution in [3.63, 3.8) is 0 Å². The second-order valence-electron chi connectivity index (χ2n) is 11.9. The molecule has 0 spiro atoms. The highest BCUT2D eigenvalue weighted by atomic mass is 19.2. The molecule has 0 saturated heterocycles. The Bertz CT molecular complexity index is 826. The zero-order valence-electron chi connectivity index (χ0n) is 24.9. The Balaban J connectivity index is 2.35. The maximum absolute atomic E-state index is 14.6. The molecule has 1 unspecified atom stereocenters. The molecular weight excluding hydrogens is 515 g/mol. The summed E-state index contributed by atoms with van der Waals surface area (Å²) in [6, 6.07) is 0. The molecule has 0 amide bonds. The van der Waals surface area contributed by atoms with Crippen LogP contribution < -0.4 is 0 Å². The molecule has 0 radical (unpaired) electrons. The number of hydrogen-bond acceptors (Lipinski definition) is 3. The van der Waals surface area contributed by atoms with Crippen LogP contribution in [0, 0.1) is 40.9 Å². The molecule has 1 aliphatic carbocycles. The van der Waals surface area contributed by atoms with Gasteiger partial charge < -0.3 is 14.2 Å². The first-order chi connectivity index (χ1) is 18.3. The van der Waals surface area contributed by atoms with Gasteiger partial charge in [0.25, 0.3) is 5.97 Å². The van der Waals surface area contributed by atoms with Crippen molar-refractivity contribution in [3.05, 3.63) is 34.6 Å². The van der Waals surface area contributed by atoms with Crippen LogP contribution in [0.4, 0.5) is 22.0 Å². The molecule has 1 aromatic rings. The standard InChI is InChI=1S/C31H49F5O3/c1-8-9-10-11-12-13-14-24(31(37-19(2)3,38-20(4)5)39-21(6)7)22-15-17-23(18-16-22)25-26(32)28(34)30(36)29(35)27(25)33/h19-24H,8-18H2,1-7H3. The third-order valence-electron chi connectivity index (χ3n) is 7.52. The summed E-state index contributed by atoms with van der Waals surface area (Å²) in [5, 5.41) is 0. The van der Waals surface area contributed by atoms with Gasteiger partial charge in [0.05, 0.1) is 18.3 Å². The van der Waals surface area contributed by atoms with E-state index in [2.05, 4.69) is 6.92 Å². The molecule has 1 saturated carbocycles. The smallest absolute Gasteiger partial charge is 0.286 e. The van der Waals surface area contributed by atoms with E-state index in [0.29, 0.717) is 25.7 Å². The van der Waals surface area contributed by atoms with Crippen LogP contribution in [0.1, 0.15) is 131 Å². The van der Waals surface area contributed by atoms with Crippen molar-refractivity contribution in [2.45, 2.75) is 149 Å². The zero-order valence-corrected chi connectivity index (χ0v) is 24.9. The summed E-state index contributed by atoms with van der Waals surface area (Å²) in [5.41, 5.74) is -0.695. The maximum Gasteiger partial charge on any atom is 0.286 e. The normalized spacial score (nSPS) is 19.5. The Labute approximate surface area is 232 Å². The average Bonchev–Trinajstić information content (AvgIpc) is 2.85. The molecule has 0 aromatic heterocycles. The fourth-order valence-electron chi connectivity index (χ4n) is 5.97. The Kier molecular flexibility index (Phi) is 13.6. The topological polar surface area (TPSA) is 27.7 Å². The van der Waals surface area contributed by atoms with Crippen LogP contribution in [0.3, 0.4) is 0 Å². The van der Waals surface area contributed by atoms with Gasteiger partial charge in [-0.1, -0.05) is 45.4 Å². The highest BCUT2D eigenvalue weighted by Gasteiger charge is 2.49. The molecule has 2 rings (SSSR count). The Hall–Kier alpha value is -1.25. The predicted octanol–water partition coefficient (Wildman–Crippen LogP) is 9.95. The van der Waals surface area contributed by atoms with Gasteiger partial charge >= 0.3 is 0 Å². The minimum absolute atomic E-state index is 0.0365. The van der Waals surface area contributed by atoms with E-state index in [-0.39, 0.29) is 30.1 Å². The molecule has 226 valence electrons. The second-order valence-corrected chi connectivity index (χ2v) is 11.9. The summed E-state index contributed by atoms with van der Waals surface area (Å²) < 4.78 is 90.0. The number of rotatable bonds is 16. The van der Waals surface area contributed by atoms with Crippen LogP contribution in [0.25, 0.3) is 0 Å². The van der Waals surface area contributed by atoms with Crippen molar-refractivity contribution < 1.29 is 36.2 Å². The van der Waals surface area contributed by atoms with Crippen LogP contribution in [0.15, 0.2) is 0 Å². The summed E-state index contributed by atoms with van der Waals surface area (Å²) in [7, 11) is 0. The van der Waals surface area contributed by atoms with Crippen LogP contribution in [-0.4, -0.2) is 24.3 Å². The molecule has 0 heterocycles. The highest BCUT2D eigenvalue weighted by Crippen LogP contribution is 2.47. The van der Waals surface area contributed by atoms with Crippen molar-refractivity contribution in [2.24, 2.45) is 11.8 Å². The van der Waals surface area contributed by atoms with E-state index in [9.17, 15) is 22.0 Å². The quantitative estimate of drug-likeness (QED) is 0.0657. The third-order valence-corrected chi connectivity index (χ3v) is 7.52. The average molecular weight is 565 g/mol. The van der Waals surface area contributed by atoms with Gasteiger partial charge in [-0.3, -0.25) is 0 Å². The van der Waals surface area contributed by atoms with Crippen LogP contribution >= 0.6 is 0 Å². The van der Waals surface area contributed by atoms with Crippen molar-refractivity contribution in [1.82, 2.24) is 0 Å². The summed E-state index contributed by atoms with van der Waals surface area (Å²) in [5.74, 6) is -11.5. The van der Waals surface area contributed by atoms with Gasteiger partial charge in [-0.05, 0) is 85.5 Å². The van der Waals surface area contributed by atoms with E-state index in [4.69, 9.17) is 14.2 Å². The second kappa shape index (κ2) is 15.7. The number of ether oxygens (including phenoxy) is 3. The van der Waals surface area contributed by atoms with Crippen molar-refractivity contribution in [2.75, 3.05) is 0 Å². The first kappa shape index (κ1) is 34.0. The van der Waals surface area contributed by atoms with Crippen LogP contribution in [0.5, 0.6) is 0 Å². The maximum atomic E-state index is 14.6. The first-order valence-electron chi connectivity index (χ1n) is 14.9. The monoisotopic (exact) mass is 564 g/mol. The van der Waals surface area contributed by atoms with Gasteiger partial charge in [-0.15, -0.1) is 0 Å². The summed E-state index contributed by atoms with van der Waals surface area (Å²) in [6.45, 7) is 13.8. The molecule has 8 heteroatoms. The van der Waals surface area contributed by atoms with Crippen LogP contribution in [0.2, 0.25) is 0 Å². The largest absolute Gasteiger partial charge is 0.324 e. The van der Waals surface area contributed by atoms with Crippen molar-refractivity contribution >= 4 is 0 Å². The van der Waals surface area contributed by atoms with E-state index >= 15 is 0 Å². The van der Waals surface area contributed by atoms with Gasteiger partial charge in [-0.25, -0.2) is 22.0 Å². The summed E-state index contributed by atoms with van der Waals surface area (Å²) >= 11 is 0. The number of halogens is 5. The van der Waals surface area contributed by atoms with Crippen molar-refractivity contribution in [3.8, 4) is 0 Å². The zero-order chi connectivity index (χ0) is 29.3. The molecule has 3 nitrogen and oxygen atoms in total. The highest BCUT2D eigenvalue weighted by molar-refractivity contribution is 5.28. The van der Waals surface area contributed by atoms with E-state index in [1.807, 2.05) is 41.5 Å². The van der Waals surface area contributed by atoms with Gasteiger partial charge in [-0.2, -0.15) is 0 Å². The molecule has 1 aliphatic rings. The first-order valence-corrected chi connectivity index (χ1v) is 14.9. The van der Waals surface area contributed by atoms with E-state index in [1.165, 1.54) is 19.3 Å². The molecule has 1 fully saturated rings. The summed E-state index contributed by atoms with van der Waals surface area (Å²) in [4.78, 5) is 0. The van der Waals surface area contributed by atoms with Gasteiger partial charge in [0, 0.05) is 11.5 Å². The summed E-state index contributed by atoms with van der Waals surface area (Å²) in [6.07, 6.45) is 8.66.